The van der Waals surface area contributed by atoms with Gasteiger partial charge in [0.05, 0.1) is 51.0 Å². The van der Waals surface area contributed by atoms with Crippen molar-refractivity contribution in [1.29, 1.82) is 0 Å². The molecule has 20 heteroatoms. The van der Waals surface area contributed by atoms with Crippen molar-refractivity contribution >= 4 is 90.9 Å². The van der Waals surface area contributed by atoms with Gasteiger partial charge in [-0.25, -0.2) is 27.8 Å². The first kappa shape index (κ1) is 42.1. The number of ether oxygens (including phenoxy) is 2. The number of rotatable bonds is 13. The van der Waals surface area contributed by atoms with Crippen LogP contribution < -0.4 is 25.7 Å². The number of nitrogens with one attached hydrogen (secondary N) is 3. The number of nitrogens with zero attached hydrogens (tertiary/aromatic N) is 4. The van der Waals surface area contributed by atoms with Crippen molar-refractivity contribution in [2.24, 2.45) is 0 Å². The number of hydrogen-bond acceptors (Lipinski definition) is 10. The number of hydrogen-bond donors (Lipinski definition) is 3. The lowest BCUT2D eigenvalue weighted by atomic mass is 10.1. The zero-order valence-corrected chi connectivity index (χ0v) is 34.2. The summed E-state index contributed by atoms with van der Waals surface area (Å²) in [5, 5.41) is 4.85. The van der Waals surface area contributed by atoms with Crippen molar-refractivity contribution in [2.45, 2.75) is 37.6 Å². The molecule has 4 aromatic carbocycles. The van der Waals surface area contributed by atoms with E-state index in [-0.39, 0.29) is 66.8 Å². The molecule has 1 aliphatic rings. The summed E-state index contributed by atoms with van der Waals surface area (Å²) in [5.74, 6) is -3.29. The molecule has 6 rings (SSSR count). The highest BCUT2D eigenvalue weighted by Gasteiger charge is 2.52. The third-order valence-electron chi connectivity index (χ3n) is 8.90. The Morgan fingerprint density at radius 3 is 2.22 bits per heavy atom. The lowest BCUT2D eigenvalue weighted by Crippen LogP contribution is -2.45. The predicted octanol–water partition coefficient (Wildman–Crippen LogP) is 5.73. The number of fused-ring (bicyclic) bond motifs is 1. The van der Waals surface area contributed by atoms with Crippen LogP contribution >= 0.6 is 34.8 Å². The fourth-order valence-electron chi connectivity index (χ4n) is 6.36. The summed E-state index contributed by atoms with van der Waals surface area (Å²) in [6.45, 7) is 2.67. The van der Waals surface area contributed by atoms with Crippen molar-refractivity contribution in [3.8, 4) is 11.4 Å². The minimum Gasteiger partial charge on any atom is -0.495 e. The molecule has 1 fully saturated rings. The molecule has 0 radical (unpaired) electrons. The Labute approximate surface area is 346 Å². The van der Waals surface area contributed by atoms with Gasteiger partial charge in [-0.05, 0) is 62.0 Å². The lowest BCUT2D eigenvalue weighted by molar-refractivity contribution is -0.145. The lowest BCUT2D eigenvalue weighted by Gasteiger charge is -2.28. The molecule has 5 amide bonds. The highest BCUT2D eigenvalue weighted by molar-refractivity contribution is 7.89. The van der Waals surface area contributed by atoms with Gasteiger partial charge in [0.15, 0.2) is 6.04 Å². The van der Waals surface area contributed by atoms with Gasteiger partial charge in [0.1, 0.15) is 17.1 Å². The normalized spacial score (nSPS) is 14.8. The first-order valence-corrected chi connectivity index (χ1v) is 19.9. The Morgan fingerprint density at radius 2 is 1.60 bits per heavy atom. The van der Waals surface area contributed by atoms with Crippen LogP contribution in [0.15, 0.2) is 88.6 Å². The van der Waals surface area contributed by atoms with Crippen LogP contribution in [0.25, 0.3) is 16.6 Å². The molecule has 302 valence electrons. The second-order valence-corrected chi connectivity index (χ2v) is 15.7. The van der Waals surface area contributed by atoms with E-state index < -0.39 is 57.4 Å². The summed E-state index contributed by atoms with van der Waals surface area (Å²) in [4.78, 5) is 77.7. The van der Waals surface area contributed by atoms with Gasteiger partial charge >= 0.3 is 6.03 Å². The zero-order chi connectivity index (χ0) is 42.1. The van der Waals surface area contributed by atoms with E-state index in [1.165, 1.54) is 63.5 Å². The fourth-order valence-corrected chi connectivity index (χ4v) is 8.10. The summed E-state index contributed by atoms with van der Waals surface area (Å²) < 4.78 is 40.0. The Balaban J connectivity index is 1.69. The van der Waals surface area contributed by atoms with Crippen molar-refractivity contribution in [2.75, 3.05) is 31.4 Å². The van der Waals surface area contributed by atoms with Crippen LogP contribution in [0, 0.1) is 0 Å². The number of para-hydroxylation sites is 1. The van der Waals surface area contributed by atoms with E-state index in [1.807, 2.05) is 0 Å². The van der Waals surface area contributed by atoms with Crippen LogP contribution in [0.4, 0.5) is 16.2 Å². The number of carbonyl (C=O) groups excluding carboxylic acids is 4. The summed E-state index contributed by atoms with van der Waals surface area (Å²) in [6.07, 6.45) is -1.55. The molecular weight excluding hydrogens is 837 g/mol. The topological polar surface area (TPSA) is 198 Å². The number of carbonyl (C=O) groups is 4. The number of halogens is 3. The molecule has 0 bridgehead atoms. The molecule has 16 nitrogen and oxygen atoms in total. The Morgan fingerprint density at radius 1 is 0.914 bits per heavy atom. The van der Waals surface area contributed by atoms with Gasteiger partial charge in [-0.2, -0.15) is 0 Å². The molecule has 2 unspecified atom stereocenters. The summed E-state index contributed by atoms with van der Waals surface area (Å²) in [7, 11) is -1.60. The van der Waals surface area contributed by atoms with Gasteiger partial charge in [-0.1, -0.05) is 71.2 Å². The minimum absolute atomic E-state index is 0.0141. The molecule has 58 heavy (non-hydrogen) atoms. The molecule has 5 aromatic rings. The van der Waals surface area contributed by atoms with Crippen LogP contribution in [0.3, 0.4) is 0 Å². The number of anilines is 2. The van der Waals surface area contributed by atoms with Gasteiger partial charge in [0.25, 0.3) is 17.4 Å². The molecule has 1 aliphatic heterocycles. The van der Waals surface area contributed by atoms with Crippen molar-refractivity contribution in [3.63, 3.8) is 0 Å². The first-order chi connectivity index (χ1) is 27.6. The molecule has 0 aliphatic carbocycles. The molecule has 3 N–H and O–H groups in total. The van der Waals surface area contributed by atoms with Gasteiger partial charge in [0.2, 0.25) is 22.2 Å². The van der Waals surface area contributed by atoms with Crippen LogP contribution in [0.5, 0.6) is 5.75 Å². The van der Waals surface area contributed by atoms with Crippen LogP contribution in [-0.4, -0.2) is 78.5 Å². The molecule has 1 aromatic heterocycles. The van der Waals surface area contributed by atoms with Crippen LogP contribution in [0.2, 0.25) is 15.1 Å². The first-order valence-electron chi connectivity index (χ1n) is 17.3. The average molecular weight is 871 g/mol. The number of methoxy groups -OCH3 is 1. The predicted molar refractivity (Wildman–Crippen MR) is 217 cm³/mol. The maximum atomic E-state index is 15.1. The molecule has 1 saturated heterocycles. The van der Waals surface area contributed by atoms with Crippen molar-refractivity contribution in [3.05, 3.63) is 116 Å². The van der Waals surface area contributed by atoms with E-state index in [0.29, 0.717) is 10.5 Å². The fraction of sp³-hybridized carbons (Fsp3) is 0.211. The maximum absolute atomic E-state index is 15.1. The monoisotopic (exact) mass is 869 g/mol. The van der Waals surface area contributed by atoms with E-state index in [1.54, 1.807) is 37.3 Å². The number of amides is 5. The number of sulfonamides is 1. The second kappa shape index (κ2) is 17.1. The summed E-state index contributed by atoms with van der Waals surface area (Å²) in [6, 6.07) is 16.0. The third kappa shape index (κ3) is 8.09. The Kier molecular flexibility index (Phi) is 12.4. The van der Waals surface area contributed by atoms with Crippen LogP contribution in [0.1, 0.15) is 31.3 Å². The smallest absolute Gasteiger partial charge is 0.330 e. The van der Waals surface area contributed by atoms with Gasteiger partial charge in [0, 0.05) is 18.6 Å². The van der Waals surface area contributed by atoms with E-state index in [9.17, 15) is 27.6 Å². The maximum Gasteiger partial charge on any atom is 0.330 e. The Bertz CT molecular complexity index is 2620. The second-order valence-electron chi connectivity index (χ2n) is 12.6. The Hall–Kier alpha value is -5.56. The number of urea groups is 1. The third-order valence-corrected chi connectivity index (χ3v) is 11.1. The average Bonchev–Trinajstić information content (AvgIpc) is 3.40. The zero-order valence-electron chi connectivity index (χ0n) is 31.1. The van der Waals surface area contributed by atoms with E-state index in [4.69, 9.17) is 49.3 Å². The summed E-state index contributed by atoms with van der Waals surface area (Å²) in [5.41, 5.74) is -0.764. The van der Waals surface area contributed by atoms with Crippen LogP contribution in [-0.2, 0) is 35.7 Å². The van der Waals surface area contributed by atoms with Crippen molar-refractivity contribution in [1.82, 2.24) is 24.1 Å². The SMILES string of the molecule is CCOC1C(=O)N(C(C(=O)Nc2cc(S(=O)(=O)NC)ccc2OC)c2nc3c(NC(C)=O)cccc3c(=O)n2-c2c(Cl)cc(Cl)cc2Cl)C(=O)N1Cc1ccccc1. The molecule has 2 atom stereocenters. The van der Waals surface area contributed by atoms with Gasteiger partial charge < -0.3 is 20.1 Å². The minimum atomic E-state index is -4.07. The molecule has 0 saturated carbocycles. The largest absolute Gasteiger partial charge is 0.495 e. The van der Waals surface area contributed by atoms with Crippen molar-refractivity contribution < 1.29 is 37.1 Å². The quantitative estimate of drug-likeness (QED) is 0.123. The van der Waals surface area contributed by atoms with E-state index in [2.05, 4.69) is 15.4 Å². The number of aromatic nitrogens is 2. The highest BCUT2D eigenvalue weighted by Crippen LogP contribution is 2.38. The molecule has 2 heterocycles. The van der Waals surface area contributed by atoms with E-state index in [0.717, 1.165) is 15.5 Å². The van der Waals surface area contributed by atoms with Gasteiger partial charge in [-0.3, -0.25) is 28.6 Å². The van der Waals surface area contributed by atoms with E-state index >= 15 is 4.79 Å². The number of benzene rings is 4. The number of imide groups is 1. The molecule has 0 spiro atoms. The van der Waals surface area contributed by atoms with Gasteiger partial charge in [-0.15, -0.1) is 0 Å². The summed E-state index contributed by atoms with van der Waals surface area (Å²) >= 11 is 19.7. The standard InChI is InChI=1S/C38H34Cl3N7O9S/c1-5-57-37-36(52)48(38(53)46(37)19-21-10-7-6-8-11-21)32(34(50)44-28-18-23(58(54,55)42-3)14-15-29(28)56-4)33-45-30-24(12-9-13-27(30)43-20(2)49)35(51)47(33)31-25(40)16-22(39)17-26(31)41/h6-18,32,37,42H,5,19H2,1-4H3,(H,43,49)(H,44,50). The molecular formula is C38H34Cl3N7O9S. The highest BCUT2D eigenvalue weighted by atomic mass is 35.5.